The highest BCUT2D eigenvalue weighted by atomic mass is 32.2. The lowest BCUT2D eigenvalue weighted by atomic mass is 9.98. The van der Waals surface area contributed by atoms with Gasteiger partial charge in [0.15, 0.2) is 0 Å². The Kier molecular flexibility index (Phi) is 5.17. The van der Waals surface area contributed by atoms with Crippen LogP contribution in [0.2, 0.25) is 0 Å². The largest absolute Gasteiger partial charge is 0.389 e. The summed E-state index contributed by atoms with van der Waals surface area (Å²) in [7, 11) is -3.47. The van der Waals surface area contributed by atoms with Crippen molar-refractivity contribution < 1.29 is 8.42 Å². The van der Waals surface area contributed by atoms with Crippen LogP contribution in [0.3, 0.4) is 0 Å². The van der Waals surface area contributed by atoms with Crippen molar-refractivity contribution in [3.05, 3.63) is 17.0 Å². The highest BCUT2D eigenvalue weighted by Gasteiger charge is 2.26. The number of hydrogen-bond acceptors (Lipinski definition) is 4. The van der Waals surface area contributed by atoms with Crippen molar-refractivity contribution in [2.75, 3.05) is 0 Å². The smallest absolute Gasteiger partial charge is 0.250 e. The summed E-state index contributed by atoms with van der Waals surface area (Å²) in [5, 5.41) is 0. The Morgan fingerprint density at radius 2 is 2.05 bits per heavy atom. The second-order valence-corrected chi connectivity index (χ2v) is 8.79. The molecule has 0 amide bonds. The summed E-state index contributed by atoms with van der Waals surface area (Å²) in [4.78, 5) is 0.869. The number of thiocarbonyl (C=S) groups is 1. The molecule has 1 fully saturated rings. The summed E-state index contributed by atoms with van der Waals surface area (Å²) in [6.45, 7) is 2.12. The Bertz CT molecular complexity index is 580. The average Bonchev–Trinajstić information content (AvgIpc) is 2.79. The van der Waals surface area contributed by atoms with Crippen molar-refractivity contribution in [3.63, 3.8) is 0 Å². The third-order valence-electron chi connectivity index (χ3n) is 3.76. The second-order valence-electron chi connectivity index (χ2n) is 5.33. The molecule has 0 aliphatic heterocycles. The Balaban J connectivity index is 2.15. The molecule has 1 aliphatic rings. The zero-order chi connectivity index (χ0) is 14.8. The van der Waals surface area contributed by atoms with Gasteiger partial charge >= 0.3 is 0 Å². The van der Waals surface area contributed by atoms with E-state index in [0.717, 1.165) is 30.6 Å². The summed E-state index contributed by atoms with van der Waals surface area (Å²) in [6, 6.07) is 3.26. The molecule has 0 bridgehead atoms. The van der Waals surface area contributed by atoms with Gasteiger partial charge in [0.2, 0.25) is 10.0 Å². The minimum atomic E-state index is -3.47. The molecule has 1 saturated carbocycles. The topological polar surface area (TPSA) is 72.2 Å². The maximum Gasteiger partial charge on any atom is 0.250 e. The summed E-state index contributed by atoms with van der Waals surface area (Å²) >= 11 is 6.00. The van der Waals surface area contributed by atoms with Crippen LogP contribution in [-0.2, 0) is 10.0 Å². The summed E-state index contributed by atoms with van der Waals surface area (Å²) in [6.07, 6.45) is 5.45. The van der Waals surface area contributed by atoms with Crippen LogP contribution in [0.15, 0.2) is 16.3 Å². The molecule has 4 nitrogen and oxygen atoms in total. The van der Waals surface area contributed by atoms with E-state index in [1.807, 2.05) is 0 Å². The van der Waals surface area contributed by atoms with E-state index in [1.54, 1.807) is 12.1 Å². The fourth-order valence-corrected chi connectivity index (χ4v) is 5.27. The van der Waals surface area contributed by atoms with Crippen LogP contribution in [0, 0.1) is 5.92 Å². The molecule has 112 valence electrons. The number of nitrogens with one attached hydrogen (secondary N) is 1. The van der Waals surface area contributed by atoms with Crippen molar-refractivity contribution >= 4 is 38.6 Å². The molecule has 1 aromatic rings. The fourth-order valence-electron chi connectivity index (χ4n) is 2.52. The molecule has 1 aromatic heterocycles. The quantitative estimate of drug-likeness (QED) is 0.657. The molecular formula is C13H20N2O2S3. The van der Waals surface area contributed by atoms with Gasteiger partial charge < -0.3 is 5.73 Å². The lowest BCUT2D eigenvalue weighted by Crippen LogP contribution is -2.38. The highest BCUT2D eigenvalue weighted by Crippen LogP contribution is 2.26. The van der Waals surface area contributed by atoms with Gasteiger partial charge in [-0.3, -0.25) is 0 Å². The number of nitrogens with two attached hydrogens (primary N) is 1. The lowest BCUT2D eigenvalue weighted by molar-refractivity contribution is 0.400. The fraction of sp³-hybridized carbons (Fsp3) is 0.615. The molecule has 7 heteroatoms. The van der Waals surface area contributed by atoms with Crippen molar-refractivity contribution in [1.82, 2.24) is 4.72 Å². The molecule has 0 spiro atoms. The highest BCUT2D eigenvalue weighted by molar-refractivity contribution is 7.91. The molecule has 0 radical (unpaired) electrons. The normalized spacial score (nSPS) is 24.2. The zero-order valence-electron chi connectivity index (χ0n) is 11.5. The molecule has 3 N–H and O–H groups in total. The molecule has 2 unspecified atom stereocenters. The minimum Gasteiger partial charge on any atom is -0.389 e. The van der Waals surface area contributed by atoms with Crippen molar-refractivity contribution in [1.29, 1.82) is 0 Å². The van der Waals surface area contributed by atoms with Crippen molar-refractivity contribution in [2.24, 2.45) is 11.7 Å². The van der Waals surface area contributed by atoms with Crippen LogP contribution in [0.4, 0.5) is 0 Å². The van der Waals surface area contributed by atoms with E-state index in [9.17, 15) is 8.42 Å². The first-order valence-corrected chi connectivity index (χ1v) is 9.53. The SMILES string of the molecule is CC1CCCCCC1NS(=O)(=O)c1ccc(C(N)=S)s1. The summed E-state index contributed by atoms with van der Waals surface area (Å²) in [5.41, 5.74) is 5.52. The maximum absolute atomic E-state index is 12.4. The van der Waals surface area contributed by atoms with Crippen LogP contribution in [-0.4, -0.2) is 19.4 Å². The molecule has 2 rings (SSSR count). The standard InChI is InChI=1S/C13H20N2O2S3/c1-9-5-3-2-4-6-10(9)15-20(16,17)12-8-7-11(19-12)13(14)18/h7-10,15H,2-6H2,1H3,(H2,14,18). The first kappa shape index (κ1) is 15.9. The van der Waals surface area contributed by atoms with Gasteiger partial charge in [-0.05, 0) is 30.9 Å². The van der Waals surface area contributed by atoms with Crippen LogP contribution in [0.5, 0.6) is 0 Å². The zero-order valence-corrected chi connectivity index (χ0v) is 13.9. The third-order valence-corrected chi connectivity index (χ3v) is 7.21. The Morgan fingerprint density at radius 1 is 1.35 bits per heavy atom. The molecule has 1 heterocycles. The molecular weight excluding hydrogens is 312 g/mol. The first-order valence-electron chi connectivity index (χ1n) is 6.82. The maximum atomic E-state index is 12.4. The second kappa shape index (κ2) is 6.51. The van der Waals surface area contributed by atoms with Crippen LogP contribution >= 0.6 is 23.6 Å². The van der Waals surface area contributed by atoms with Gasteiger partial charge in [0.1, 0.15) is 9.20 Å². The van der Waals surface area contributed by atoms with Crippen LogP contribution in [0.25, 0.3) is 0 Å². The number of sulfonamides is 1. The Hall–Kier alpha value is -0.500. The van der Waals surface area contributed by atoms with Gasteiger partial charge in [-0.25, -0.2) is 13.1 Å². The van der Waals surface area contributed by atoms with Gasteiger partial charge in [0, 0.05) is 6.04 Å². The van der Waals surface area contributed by atoms with E-state index < -0.39 is 10.0 Å². The lowest BCUT2D eigenvalue weighted by Gasteiger charge is -2.22. The molecule has 20 heavy (non-hydrogen) atoms. The summed E-state index contributed by atoms with van der Waals surface area (Å²) in [5.74, 6) is 0.377. The Labute approximate surface area is 129 Å². The first-order chi connectivity index (χ1) is 9.40. The molecule has 0 saturated heterocycles. The predicted molar refractivity (Wildman–Crippen MR) is 86.6 cm³/mol. The van der Waals surface area contributed by atoms with Gasteiger partial charge in [0.05, 0.1) is 4.88 Å². The number of rotatable bonds is 4. The van der Waals surface area contributed by atoms with Gasteiger partial charge in [0.25, 0.3) is 0 Å². The van der Waals surface area contributed by atoms with E-state index in [2.05, 4.69) is 11.6 Å². The van der Waals surface area contributed by atoms with Crippen LogP contribution in [0.1, 0.15) is 43.9 Å². The minimum absolute atomic E-state index is 0.0258. The van der Waals surface area contributed by atoms with Gasteiger partial charge in [-0.1, -0.05) is 38.4 Å². The van der Waals surface area contributed by atoms with Gasteiger partial charge in [-0.15, -0.1) is 11.3 Å². The van der Waals surface area contributed by atoms with Crippen molar-refractivity contribution in [3.8, 4) is 0 Å². The van der Waals surface area contributed by atoms with E-state index in [4.69, 9.17) is 18.0 Å². The van der Waals surface area contributed by atoms with E-state index in [0.29, 0.717) is 10.8 Å². The molecule has 1 aliphatic carbocycles. The predicted octanol–water partition coefficient (Wildman–Crippen LogP) is 2.63. The number of thiophene rings is 1. The van der Waals surface area contributed by atoms with E-state index in [-0.39, 0.29) is 15.2 Å². The third kappa shape index (κ3) is 3.78. The molecule has 0 aromatic carbocycles. The Morgan fingerprint density at radius 3 is 2.70 bits per heavy atom. The van der Waals surface area contributed by atoms with Crippen LogP contribution < -0.4 is 10.5 Å². The molecule has 2 atom stereocenters. The van der Waals surface area contributed by atoms with E-state index >= 15 is 0 Å². The van der Waals surface area contributed by atoms with Gasteiger partial charge in [-0.2, -0.15) is 0 Å². The van der Waals surface area contributed by atoms with E-state index in [1.165, 1.54) is 12.8 Å². The van der Waals surface area contributed by atoms with Crippen molar-refractivity contribution in [2.45, 2.75) is 49.3 Å². The monoisotopic (exact) mass is 332 g/mol. The summed E-state index contributed by atoms with van der Waals surface area (Å²) < 4.78 is 28.0. The average molecular weight is 333 g/mol. The number of hydrogen-bond donors (Lipinski definition) is 2.